The summed E-state index contributed by atoms with van der Waals surface area (Å²) in [5.41, 5.74) is 0.682. The summed E-state index contributed by atoms with van der Waals surface area (Å²) in [6.45, 7) is 4.77. The van der Waals surface area contributed by atoms with Gasteiger partial charge in [-0.1, -0.05) is 31.7 Å². The summed E-state index contributed by atoms with van der Waals surface area (Å²) in [4.78, 5) is 4.40. The third-order valence-electron chi connectivity index (χ3n) is 2.89. The van der Waals surface area contributed by atoms with Gasteiger partial charge in [-0.3, -0.25) is 4.99 Å². The molecule has 104 valence electrons. The number of hydrogen-bond donors (Lipinski definition) is 1. The van der Waals surface area contributed by atoms with Gasteiger partial charge in [-0.05, 0) is 30.0 Å². The molecule has 5 heteroatoms. The third kappa shape index (κ3) is 4.20. The minimum atomic E-state index is -0.818. The van der Waals surface area contributed by atoms with Gasteiger partial charge in [0.05, 0.1) is 6.54 Å². The number of benzene rings is 1. The first-order chi connectivity index (χ1) is 9.04. The lowest BCUT2D eigenvalue weighted by Gasteiger charge is -2.11. The molecule has 0 spiro atoms. The highest BCUT2D eigenvalue weighted by Crippen LogP contribution is 2.19. The minimum Gasteiger partial charge on any atom is -0.361 e. The Balaban J connectivity index is 1.91. The van der Waals surface area contributed by atoms with Crippen LogP contribution in [0.2, 0.25) is 0 Å². The highest BCUT2D eigenvalue weighted by atomic mass is 32.2. The van der Waals surface area contributed by atoms with Crippen molar-refractivity contribution in [3.8, 4) is 0 Å². The Morgan fingerprint density at radius 2 is 2.16 bits per heavy atom. The Morgan fingerprint density at radius 1 is 1.37 bits per heavy atom. The smallest absolute Gasteiger partial charge is 0.159 e. The summed E-state index contributed by atoms with van der Waals surface area (Å²) in [5, 5.41) is 4.26. The SMILES string of the molecule is CC(C)CC1CSC(=NCc2ccc(F)c(F)c2)N1. The molecule has 1 aromatic carbocycles. The second-order valence-electron chi connectivity index (χ2n) is 5.15. The van der Waals surface area contributed by atoms with E-state index >= 15 is 0 Å². The van der Waals surface area contributed by atoms with Gasteiger partial charge >= 0.3 is 0 Å². The molecule has 1 N–H and O–H groups in total. The Bertz CT molecular complexity index is 475. The van der Waals surface area contributed by atoms with Gasteiger partial charge in [-0.2, -0.15) is 0 Å². The predicted molar refractivity (Wildman–Crippen MR) is 76.3 cm³/mol. The Morgan fingerprint density at radius 3 is 2.84 bits per heavy atom. The van der Waals surface area contributed by atoms with Crippen molar-refractivity contribution in [2.24, 2.45) is 10.9 Å². The van der Waals surface area contributed by atoms with Crippen molar-refractivity contribution in [2.45, 2.75) is 32.9 Å². The van der Waals surface area contributed by atoms with Crippen LogP contribution in [0.25, 0.3) is 0 Å². The summed E-state index contributed by atoms with van der Waals surface area (Å²) in [6, 6.07) is 4.37. The van der Waals surface area contributed by atoms with Crippen LogP contribution in [0, 0.1) is 17.6 Å². The topological polar surface area (TPSA) is 24.4 Å². The molecule has 19 heavy (non-hydrogen) atoms. The average Bonchev–Trinajstić information content (AvgIpc) is 2.77. The van der Waals surface area contributed by atoms with Crippen LogP contribution in [0.4, 0.5) is 8.78 Å². The van der Waals surface area contributed by atoms with Crippen molar-refractivity contribution < 1.29 is 8.78 Å². The molecule has 1 aromatic rings. The van der Waals surface area contributed by atoms with Crippen molar-refractivity contribution in [2.75, 3.05) is 5.75 Å². The van der Waals surface area contributed by atoms with E-state index in [1.54, 1.807) is 17.8 Å². The number of nitrogens with zero attached hydrogens (tertiary/aromatic N) is 1. The lowest BCUT2D eigenvalue weighted by molar-refractivity contribution is 0.502. The van der Waals surface area contributed by atoms with Crippen molar-refractivity contribution >= 4 is 16.9 Å². The second kappa shape index (κ2) is 6.37. The highest BCUT2D eigenvalue weighted by molar-refractivity contribution is 8.14. The van der Waals surface area contributed by atoms with E-state index in [0.717, 1.165) is 23.4 Å². The van der Waals surface area contributed by atoms with Gasteiger partial charge in [0.15, 0.2) is 16.8 Å². The van der Waals surface area contributed by atoms with E-state index in [1.807, 2.05) is 0 Å². The Kier molecular flexibility index (Phi) is 4.80. The zero-order valence-electron chi connectivity index (χ0n) is 11.1. The number of rotatable bonds is 4. The average molecular weight is 284 g/mol. The van der Waals surface area contributed by atoms with Crippen LogP contribution >= 0.6 is 11.8 Å². The molecule has 1 heterocycles. The highest BCUT2D eigenvalue weighted by Gasteiger charge is 2.20. The lowest BCUT2D eigenvalue weighted by atomic mass is 10.1. The number of halogens is 2. The maximum Gasteiger partial charge on any atom is 0.159 e. The normalized spacial score (nSPS) is 21.1. The standard InChI is InChI=1S/C14H18F2N2S/c1-9(2)5-11-8-19-14(18-11)17-7-10-3-4-12(15)13(16)6-10/h3-4,6,9,11H,5,7-8H2,1-2H3,(H,17,18). The zero-order valence-corrected chi connectivity index (χ0v) is 11.9. The lowest BCUT2D eigenvalue weighted by Crippen LogP contribution is -2.28. The molecule has 0 amide bonds. The molecule has 0 aromatic heterocycles. The molecule has 1 atom stereocenters. The van der Waals surface area contributed by atoms with E-state index in [0.29, 0.717) is 24.1 Å². The van der Waals surface area contributed by atoms with Crippen LogP contribution in [-0.4, -0.2) is 17.0 Å². The van der Waals surface area contributed by atoms with E-state index in [9.17, 15) is 8.78 Å². The molecule has 2 nitrogen and oxygen atoms in total. The Labute approximate surface area is 116 Å². The summed E-state index contributed by atoms with van der Waals surface area (Å²) >= 11 is 1.69. The van der Waals surface area contributed by atoms with Gasteiger partial charge in [0, 0.05) is 11.8 Å². The van der Waals surface area contributed by atoms with E-state index < -0.39 is 11.6 Å². The van der Waals surface area contributed by atoms with E-state index in [4.69, 9.17) is 0 Å². The molecule has 1 aliphatic heterocycles. The van der Waals surface area contributed by atoms with Crippen molar-refractivity contribution in [3.63, 3.8) is 0 Å². The molecule has 1 saturated heterocycles. The molecule has 0 aliphatic carbocycles. The summed E-state index contributed by atoms with van der Waals surface area (Å²) in [5.74, 6) is 0.0438. The van der Waals surface area contributed by atoms with E-state index in [1.165, 1.54) is 6.07 Å². The number of amidine groups is 1. The monoisotopic (exact) mass is 284 g/mol. The molecule has 1 aliphatic rings. The first-order valence-electron chi connectivity index (χ1n) is 6.42. The number of hydrogen-bond acceptors (Lipinski definition) is 2. The quantitative estimate of drug-likeness (QED) is 0.914. The molecular weight excluding hydrogens is 266 g/mol. The molecule has 2 rings (SSSR count). The van der Waals surface area contributed by atoms with E-state index in [-0.39, 0.29) is 0 Å². The molecular formula is C14H18F2N2S. The fourth-order valence-corrected chi connectivity index (χ4v) is 3.01. The van der Waals surface area contributed by atoms with E-state index in [2.05, 4.69) is 24.2 Å². The van der Waals surface area contributed by atoms with Crippen molar-refractivity contribution in [1.82, 2.24) is 5.32 Å². The van der Waals surface area contributed by atoms with Crippen LogP contribution < -0.4 is 5.32 Å². The maximum atomic E-state index is 13.0. The van der Waals surface area contributed by atoms with Gasteiger partial charge < -0.3 is 5.32 Å². The number of thioether (sulfide) groups is 1. The number of aliphatic imine (C=N–C) groups is 1. The largest absolute Gasteiger partial charge is 0.361 e. The predicted octanol–water partition coefficient (Wildman–Crippen LogP) is 3.57. The van der Waals surface area contributed by atoms with Crippen LogP contribution in [0.15, 0.2) is 23.2 Å². The third-order valence-corrected chi connectivity index (χ3v) is 3.98. The molecule has 0 bridgehead atoms. The summed E-state index contributed by atoms with van der Waals surface area (Å²) in [6.07, 6.45) is 1.12. The summed E-state index contributed by atoms with van der Waals surface area (Å²) in [7, 11) is 0. The second-order valence-corrected chi connectivity index (χ2v) is 6.16. The fourth-order valence-electron chi connectivity index (χ4n) is 2.03. The van der Waals surface area contributed by atoms with Crippen LogP contribution in [-0.2, 0) is 6.54 Å². The van der Waals surface area contributed by atoms with Crippen molar-refractivity contribution in [3.05, 3.63) is 35.4 Å². The summed E-state index contributed by atoms with van der Waals surface area (Å²) < 4.78 is 25.8. The fraction of sp³-hybridized carbons (Fsp3) is 0.500. The maximum absolute atomic E-state index is 13.0. The van der Waals surface area contributed by atoms with Gasteiger partial charge in [-0.25, -0.2) is 8.78 Å². The number of nitrogens with one attached hydrogen (secondary N) is 1. The minimum absolute atomic E-state index is 0.376. The van der Waals surface area contributed by atoms with Crippen LogP contribution in [0.3, 0.4) is 0 Å². The van der Waals surface area contributed by atoms with Crippen LogP contribution in [0.5, 0.6) is 0 Å². The van der Waals surface area contributed by atoms with Crippen LogP contribution in [0.1, 0.15) is 25.8 Å². The molecule has 1 fully saturated rings. The molecule has 1 unspecified atom stereocenters. The van der Waals surface area contributed by atoms with Gasteiger partial charge in [0.25, 0.3) is 0 Å². The Hall–Kier alpha value is -1.10. The van der Waals surface area contributed by atoms with Gasteiger partial charge in [0.1, 0.15) is 0 Å². The molecule has 0 saturated carbocycles. The zero-order chi connectivity index (χ0) is 13.8. The first kappa shape index (κ1) is 14.3. The van der Waals surface area contributed by atoms with Gasteiger partial charge in [0.2, 0.25) is 0 Å². The van der Waals surface area contributed by atoms with Crippen molar-refractivity contribution in [1.29, 1.82) is 0 Å². The molecule has 0 radical (unpaired) electrons. The van der Waals surface area contributed by atoms with Gasteiger partial charge in [-0.15, -0.1) is 0 Å². The first-order valence-corrected chi connectivity index (χ1v) is 7.41.